The molecule has 2 aromatic heterocycles. The topological polar surface area (TPSA) is 101 Å². The minimum Gasteiger partial charge on any atom is -0.507 e. The van der Waals surface area contributed by atoms with E-state index in [0.717, 1.165) is 17.4 Å². The number of ketones is 1. The highest BCUT2D eigenvalue weighted by atomic mass is 16.5. The Labute approximate surface area is 137 Å². The minimum absolute atomic E-state index is 0.0572. The molecule has 0 aliphatic carbocycles. The number of carbonyl (C=O) groups excluding carboxylic acids is 1. The lowest BCUT2D eigenvalue weighted by Gasteiger charge is -2.04. The van der Waals surface area contributed by atoms with Crippen molar-refractivity contribution in [2.75, 3.05) is 7.11 Å². The number of H-pyrrole nitrogens is 1. The van der Waals surface area contributed by atoms with Crippen molar-refractivity contribution in [3.63, 3.8) is 0 Å². The minimum atomic E-state index is -0.471. The number of benzene rings is 1. The Morgan fingerprint density at radius 2 is 2.12 bits per heavy atom. The molecule has 7 nitrogen and oxygen atoms in total. The molecular formula is C17H15N3O4. The number of rotatable bonds is 6. The van der Waals surface area contributed by atoms with E-state index in [1.165, 1.54) is 12.6 Å². The second-order valence-corrected chi connectivity index (χ2v) is 5.01. The van der Waals surface area contributed by atoms with Crippen LogP contribution in [-0.2, 0) is 6.42 Å². The maximum Gasteiger partial charge on any atom is 0.226 e. The number of hydrogen-bond acceptors (Lipinski definition) is 6. The molecule has 0 bridgehead atoms. The molecule has 2 heterocycles. The number of nitrogens with one attached hydrogen (secondary N) is 1. The zero-order valence-electron chi connectivity index (χ0n) is 12.9. The van der Waals surface area contributed by atoms with E-state index >= 15 is 0 Å². The molecule has 0 radical (unpaired) electrons. The fourth-order valence-electron chi connectivity index (χ4n) is 2.23. The Morgan fingerprint density at radius 3 is 2.79 bits per heavy atom. The van der Waals surface area contributed by atoms with Gasteiger partial charge in [0, 0.05) is 12.5 Å². The molecule has 0 amide bonds. The molecule has 0 aliphatic heterocycles. The van der Waals surface area contributed by atoms with Gasteiger partial charge in [-0.2, -0.15) is 5.10 Å². The Hall–Kier alpha value is -3.35. The number of hydrogen-bond donors (Lipinski definition) is 2. The number of aliphatic hydroxyl groups excluding tert-OH is 1. The average molecular weight is 325 g/mol. The summed E-state index contributed by atoms with van der Waals surface area (Å²) in [7, 11) is 1.61. The molecule has 24 heavy (non-hydrogen) atoms. The van der Waals surface area contributed by atoms with Gasteiger partial charge in [0.2, 0.25) is 5.78 Å². The number of aromatic amines is 1. The van der Waals surface area contributed by atoms with Crippen LogP contribution in [0.15, 0.2) is 53.4 Å². The van der Waals surface area contributed by atoms with Gasteiger partial charge in [0.25, 0.3) is 0 Å². The van der Waals surface area contributed by atoms with Crippen LogP contribution < -0.4 is 4.74 Å². The zero-order valence-corrected chi connectivity index (χ0v) is 12.9. The number of ether oxygens (including phenoxy) is 1. The van der Waals surface area contributed by atoms with E-state index in [2.05, 4.69) is 15.2 Å². The van der Waals surface area contributed by atoms with Crippen molar-refractivity contribution in [3.05, 3.63) is 71.7 Å². The Morgan fingerprint density at radius 1 is 1.33 bits per heavy atom. The van der Waals surface area contributed by atoms with Gasteiger partial charge in [0.1, 0.15) is 23.6 Å². The summed E-state index contributed by atoms with van der Waals surface area (Å²) in [6.07, 6.45) is 4.26. The summed E-state index contributed by atoms with van der Waals surface area (Å²) in [5.74, 6) is 0.718. The molecule has 0 aliphatic rings. The summed E-state index contributed by atoms with van der Waals surface area (Å²) in [5, 5.41) is 16.3. The highest BCUT2D eigenvalue weighted by Gasteiger charge is 2.14. The van der Waals surface area contributed by atoms with Gasteiger partial charge in [-0.1, -0.05) is 12.1 Å². The Kier molecular flexibility index (Phi) is 4.42. The third-order valence-corrected chi connectivity index (χ3v) is 3.46. The van der Waals surface area contributed by atoms with Crippen molar-refractivity contribution < 1.29 is 19.1 Å². The van der Waals surface area contributed by atoms with Crippen LogP contribution >= 0.6 is 0 Å². The third-order valence-electron chi connectivity index (χ3n) is 3.46. The van der Waals surface area contributed by atoms with Crippen molar-refractivity contribution in [2.24, 2.45) is 0 Å². The summed E-state index contributed by atoms with van der Waals surface area (Å²) in [6.45, 7) is 0. The van der Waals surface area contributed by atoms with E-state index in [-0.39, 0.29) is 11.6 Å². The molecule has 7 heteroatoms. The zero-order chi connectivity index (χ0) is 16.9. The van der Waals surface area contributed by atoms with Crippen LogP contribution in [0.1, 0.15) is 27.5 Å². The maximum absolute atomic E-state index is 11.9. The average Bonchev–Trinajstić information content (AvgIpc) is 3.27. The van der Waals surface area contributed by atoms with Gasteiger partial charge in [-0.05, 0) is 23.8 Å². The largest absolute Gasteiger partial charge is 0.507 e. The molecule has 2 N–H and O–H groups in total. The highest BCUT2D eigenvalue weighted by molar-refractivity contribution is 6.05. The van der Waals surface area contributed by atoms with E-state index in [0.29, 0.717) is 17.7 Å². The maximum atomic E-state index is 11.9. The van der Waals surface area contributed by atoms with E-state index < -0.39 is 5.78 Å². The van der Waals surface area contributed by atoms with Crippen LogP contribution in [0.4, 0.5) is 0 Å². The normalized spacial score (nSPS) is 11.5. The van der Waals surface area contributed by atoms with Crippen LogP contribution in [0, 0.1) is 0 Å². The van der Waals surface area contributed by atoms with Gasteiger partial charge < -0.3 is 14.3 Å². The smallest absolute Gasteiger partial charge is 0.226 e. The number of furan rings is 1. The van der Waals surface area contributed by atoms with E-state index in [1.54, 1.807) is 13.2 Å². The monoisotopic (exact) mass is 325 g/mol. The molecule has 0 spiro atoms. The molecule has 3 rings (SSSR count). The first-order valence-corrected chi connectivity index (χ1v) is 7.17. The Bertz CT molecular complexity index is 848. The summed E-state index contributed by atoms with van der Waals surface area (Å²) in [4.78, 5) is 15.7. The van der Waals surface area contributed by atoms with E-state index in [9.17, 15) is 9.90 Å². The molecule has 0 unspecified atom stereocenters. The molecule has 122 valence electrons. The quantitative estimate of drug-likeness (QED) is 0.410. The SMILES string of the molecule is COc1ccc(Cc2occc2C(O)=CC(=O)c2ncn[nH]2)cc1. The van der Waals surface area contributed by atoms with Crippen LogP contribution in [-0.4, -0.2) is 33.2 Å². The lowest BCUT2D eigenvalue weighted by molar-refractivity contribution is 0.103. The van der Waals surface area contributed by atoms with Gasteiger partial charge >= 0.3 is 0 Å². The van der Waals surface area contributed by atoms with Crippen molar-refractivity contribution in [1.29, 1.82) is 0 Å². The van der Waals surface area contributed by atoms with Crippen LogP contribution in [0.25, 0.3) is 5.76 Å². The number of methoxy groups -OCH3 is 1. The fraction of sp³-hybridized carbons (Fsp3) is 0.118. The first kappa shape index (κ1) is 15.5. The van der Waals surface area contributed by atoms with Crippen LogP contribution in [0.3, 0.4) is 0 Å². The second kappa shape index (κ2) is 6.82. The van der Waals surface area contributed by atoms with Crippen LogP contribution in [0.5, 0.6) is 5.75 Å². The predicted molar refractivity (Wildman–Crippen MR) is 85.8 cm³/mol. The second-order valence-electron chi connectivity index (χ2n) is 5.01. The van der Waals surface area contributed by atoms with Gasteiger partial charge in [-0.25, -0.2) is 4.98 Å². The molecule has 0 atom stereocenters. The predicted octanol–water partition coefficient (Wildman–Crippen LogP) is 2.78. The lowest BCUT2D eigenvalue weighted by Crippen LogP contribution is -2.00. The van der Waals surface area contributed by atoms with Gasteiger partial charge in [-0.15, -0.1) is 0 Å². The molecule has 0 saturated carbocycles. The summed E-state index contributed by atoms with van der Waals surface area (Å²) < 4.78 is 10.6. The summed E-state index contributed by atoms with van der Waals surface area (Å²) in [6, 6.07) is 9.12. The summed E-state index contributed by atoms with van der Waals surface area (Å²) >= 11 is 0. The lowest BCUT2D eigenvalue weighted by atomic mass is 10.1. The number of allylic oxidation sites excluding steroid dienone is 1. The van der Waals surface area contributed by atoms with Gasteiger partial charge in [-0.3, -0.25) is 9.89 Å². The first-order valence-electron chi connectivity index (χ1n) is 7.17. The number of aliphatic hydroxyl groups is 1. The molecule has 0 fully saturated rings. The number of aromatic nitrogens is 3. The van der Waals surface area contributed by atoms with Crippen molar-refractivity contribution in [3.8, 4) is 5.75 Å². The molecular weight excluding hydrogens is 310 g/mol. The molecule has 1 aromatic carbocycles. The number of carbonyl (C=O) groups is 1. The fourth-order valence-corrected chi connectivity index (χ4v) is 2.23. The third kappa shape index (κ3) is 3.35. The van der Waals surface area contributed by atoms with Crippen molar-refractivity contribution >= 4 is 11.5 Å². The van der Waals surface area contributed by atoms with Gasteiger partial charge in [0.05, 0.1) is 18.9 Å². The van der Waals surface area contributed by atoms with Crippen molar-refractivity contribution in [1.82, 2.24) is 15.2 Å². The molecule has 3 aromatic rings. The molecule has 0 saturated heterocycles. The first-order chi connectivity index (χ1) is 11.7. The van der Waals surface area contributed by atoms with Crippen LogP contribution in [0.2, 0.25) is 0 Å². The number of nitrogens with zero attached hydrogens (tertiary/aromatic N) is 2. The standard InChI is InChI=1S/C17H15N3O4/c1-23-12-4-2-11(3-5-12)8-16-13(6-7-24-16)14(21)9-15(22)17-18-10-19-20-17/h2-7,9-10,21H,8H2,1H3,(H,18,19,20). The van der Waals surface area contributed by atoms with E-state index in [1.807, 2.05) is 24.3 Å². The van der Waals surface area contributed by atoms with E-state index in [4.69, 9.17) is 9.15 Å². The van der Waals surface area contributed by atoms with Crippen molar-refractivity contribution in [2.45, 2.75) is 6.42 Å². The summed E-state index contributed by atoms with van der Waals surface area (Å²) in [5.41, 5.74) is 1.44. The Balaban J connectivity index is 1.80. The highest BCUT2D eigenvalue weighted by Crippen LogP contribution is 2.23. The van der Waals surface area contributed by atoms with Gasteiger partial charge in [0.15, 0.2) is 5.82 Å².